The molecule has 1 saturated carbocycles. The Morgan fingerprint density at radius 3 is 2.85 bits per heavy atom. The van der Waals surface area contributed by atoms with E-state index in [0.717, 1.165) is 17.9 Å². The molecule has 2 aliphatic rings. The highest BCUT2D eigenvalue weighted by Gasteiger charge is 2.21. The maximum atomic E-state index is 12.4. The maximum Gasteiger partial charge on any atom is 0.321 e. The topological polar surface area (TPSA) is 86.4 Å². The van der Waals surface area contributed by atoms with Gasteiger partial charge in [-0.25, -0.2) is 9.78 Å². The van der Waals surface area contributed by atoms with Gasteiger partial charge in [0.05, 0.1) is 5.56 Å². The number of urea groups is 1. The van der Waals surface area contributed by atoms with Crippen LogP contribution in [0, 0.1) is 0 Å². The van der Waals surface area contributed by atoms with Crippen molar-refractivity contribution < 1.29 is 9.59 Å². The van der Waals surface area contributed by atoms with Gasteiger partial charge < -0.3 is 16.0 Å². The number of carbonyl (C=O) groups excluding carboxylic acids is 2. The van der Waals surface area contributed by atoms with E-state index < -0.39 is 0 Å². The first-order chi connectivity index (χ1) is 12.7. The van der Waals surface area contributed by atoms with Gasteiger partial charge in [0.2, 0.25) is 0 Å². The molecule has 0 bridgehead atoms. The molecule has 3 amide bonds. The maximum absolute atomic E-state index is 12.4. The molecule has 7 nitrogen and oxygen atoms in total. The van der Waals surface area contributed by atoms with Crippen molar-refractivity contribution in [3.63, 3.8) is 0 Å². The van der Waals surface area contributed by atoms with E-state index >= 15 is 0 Å². The Morgan fingerprint density at radius 2 is 2.12 bits per heavy atom. The van der Waals surface area contributed by atoms with Gasteiger partial charge in [-0.2, -0.15) is 0 Å². The standard InChI is InChI=1S/C19H21N5O2/c25-18(13-5-8-17(21-12-13)22-14-6-7-14)23-15-3-1-4-16(11-15)24-10-2-9-20-19(24)26/h1,3-5,8,11-12,14H,2,6-7,9-10H2,(H,20,26)(H,21,22)(H,23,25). The number of nitrogens with one attached hydrogen (secondary N) is 3. The van der Waals surface area contributed by atoms with Gasteiger partial charge in [-0.05, 0) is 49.6 Å². The number of hydrogen-bond donors (Lipinski definition) is 3. The zero-order valence-electron chi connectivity index (χ0n) is 14.4. The van der Waals surface area contributed by atoms with Crippen LogP contribution in [0.2, 0.25) is 0 Å². The summed E-state index contributed by atoms with van der Waals surface area (Å²) in [5, 5.41) is 8.99. The quantitative estimate of drug-likeness (QED) is 0.773. The summed E-state index contributed by atoms with van der Waals surface area (Å²) >= 11 is 0. The minimum absolute atomic E-state index is 0.109. The van der Waals surface area contributed by atoms with Crippen LogP contribution in [0.5, 0.6) is 0 Å². The summed E-state index contributed by atoms with van der Waals surface area (Å²) in [5.74, 6) is 0.567. The molecule has 3 N–H and O–H groups in total. The van der Waals surface area contributed by atoms with Crippen molar-refractivity contribution >= 4 is 29.1 Å². The van der Waals surface area contributed by atoms with Crippen LogP contribution in [-0.4, -0.2) is 36.1 Å². The Morgan fingerprint density at radius 1 is 1.23 bits per heavy atom. The van der Waals surface area contributed by atoms with E-state index in [1.54, 1.807) is 29.3 Å². The average Bonchev–Trinajstić information content (AvgIpc) is 3.47. The first-order valence-electron chi connectivity index (χ1n) is 8.88. The van der Waals surface area contributed by atoms with Crippen LogP contribution in [0.15, 0.2) is 42.6 Å². The SMILES string of the molecule is O=C(Nc1cccc(N2CCCNC2=O)c1)c1ccc(NC2CC2)nc1. The lowest BCUT2D eigenvalue weighted by Gasteiger charge is -2.27. The zero-order chi connectivity index (χ0) is 17.9. The number of rotatable bonds is 5. The summed E-state index contributed by atoms with van der Waals surface area (Å²) < 4.78 is 0. The minimum atomic E-state index is -0.226. The lowest BCUT2D eigenvalue weighted by atomic mass is 10.2. The third-order valence-corrected chi connectivity index (χ3v) is 4.45. The molecule has 1 aromatic heterocycles. The van der Waals surface area contributed by atoms with E-state index in [2.05, 4.69) is 20.9 Å². The third kappa shape index (κ3) is 3.77. The second kappa shape index (κ2) is 7.03. The van der Waals surface area contributed by atoms with E-state index in [0.29, 0.717) is 30.4 Å². The van der Waals surface area contributed by atoms with Crippen LogP contribution in [0.3, 0.4) is 0 Å². The minimum Gasteiger partial charge on any atom is -0.367 e. The van der Waals surface area contributed by atoms with Gasteiger partial charge in [0.15, 0.2) is 0 Å². The van der Waals surface area contributed by atoms with E-state index in [1.807, 2.05) is 18.2 Å². The van der Waals surface area contributed by atoms with E-state index in [9.17, 15) is 9.59 Å². The number of nitrogens with zero attached hydrogens (tertiary/aromatic N) is 2. The molecule has 1 aliphatic carbocycles. The summed E-state index contributed by atoms with van der Waals surface area (Å²) in [6.45, 7) is 1.37. The van der Waals surface area contributed by atoms with Crippen LogP contribution in [0.4, 0.5) is 22.0 Å². The van der Waals surface area contributed by atoms with Crippen molar-refractivity contribution in [2.75, 3.05) is 28.6 Å². The van der Waals surface area contributed by atoms with Crippen molar-refractivity contribution in [1.29, 1.82) is 0 Å². The van der Waals surface area contributed by atoms with Gasteiger partial charge in [0, 0.05) is 36.7 Å². The van der Waals surface area contributed by atoms with Crippen molar-refractivity contribution in [2.45, 2.75) is 25.3 Å². The highest BCUT2D eigenvalue weighted by atomic mass is 16.2. The summed E-state index contributed by atoms with van der Waals surface area (Å²) in [6, 6.07) is 11.3. The second-order valence-electron chi connectivity index (χ2n) is 6.59. The average molecular weight is 351 g/mol. The van der Waals surface area contributed by atoms with Crippen LogP contribution in [-0.2, 0) is 0 Å². The highest BCUT2D eigenvalue weighted by Crippen LogP contribution is 2.24. The number of hydrogen-bond acceptors (Lipinski definition) is 4. The Hall–Kier alpha value is -3.09. The Labute approximate surface area is 151 Å². The summed E-state index contributed by atoms with van der Waals surface area (Å²) in [4.78, 5) is 30.4. The van der Waals surface area contributed by atoms with Gasteiger partial charge in [0.25, 0.3) is 5.91 Å². The largest absolute Gasteiger partial charge is 0.367 e. The number of aromatic nitrogens is 1. The van der Waals surface area contributed by atoms with Gasteiger partial charge in [0.1, 0.15) is 5.82 Å². The van der Waals surface area contributed by atoms with Crippen LogP contribution < -0.4 is 20.9 Å². The predicted molar refractivity (Wildman–Crippen MR) is 101 cm³/mol. The van der Waals surface area contributed by atoms with Crippen LogP contribution in [0.25, 0.3) is 0 Å². The molecule has 0 spiro atoms. The number of carbonyl (C=O) groups is 2. The molecule has 134 valence electrons. The second-order valence-corrected chi connectivity index (χ2v) is 6.59. The fourth-order valence-corrected chi connectivity index (χ4v) is 2.88. The number of anilines is 3. The summed E-state index contributed by atoms with van der Waals surface area (Å²) in [6.07, 6.45) is 4.82. The Balaban J connectivity index is 1.43. The lowest BCUT2D eigenvalue weighted by Crippen LogP contribution is -2.46. The molecule has 0 radical (unpaired) electrons. The smallest absolute Gasteiger partial charge is 0.321 e. The van der Waals surface area contributed by atoms with Crippen molar-refractivity contribution in [3.8, 4) is 0 Å². The lowest BCUT2D eigenvalue weighted by molar-refractivity contribution is 0.102. The van der Waals surface area contributed by atoms with Crippen LogP contribution in [0.1, 0.15) is 29.6 Å². The van der Waals surface area contributed by atoms with Gasteiger partial charge >= 0.3 is 6.03 Å². The molecule has 2 aromatic rings. The molecule has 2 fully saturated rings. The Bertz CT molecular complexity index is 817. The Kier molecular flexibility index (Phi) is 4.43. The van der Waals surface area contributed by atoms with Gasteiger partial charge in [-0.1, -0.05) is 6.07 Å². The molecule has 4 rings (SSSR count). The number of benzene rings is 1. The summed E-state index contributed by atoms with van der Waals surface area (Å²) in [5.41, 5.74) is 1.90. The fourth-order valence-electron chi connectivity index (χ4n) is 2.88. The highest BCUT2D eigenvalue weighted by molar-refractivity contribution is 6.04. The molecule has 1 aromatic carbocycles. The molecule has 0 atom stereocenters. The van der Waals surface area contributed by atoms with Crippen molar-refractivity contribution in [2.24, 2.45) is 0 Å². The molecule has 1 aliphatic heterocycles. The van der Waals surface area contributed by atoms with E-state index in [4.69, 9.17) is 0 Å². The third-order valence-electron chi connectivity index (χ3n) is 4.45. The molecule has 1 saturated heterocycles. The monoisotopic (exact) mass is 351 g/mol. The molecular weight excluding hydrogens is 330 g/mol. The molecule has 26 heavy (non-hydrogen) atoms. The van der Waals surface area contributed by atoms with Crippen molar-refractivity contribution in [1.82, 2.24) is 10.3 Å². The molecule has 7 heteroatoms. The molecule has 0 unspecified atom stereocenters. The van der Waals surface area contributed by atoms with Gasteiger partial charge in [-0.3, -0.25) is 9.69 Å². The first kappa shape index (κ1) is 16.4. The normalized spacial score (nSPS) is 16.8. The summed E-state index contributed by atoms with van der Waals surface area (Å²) in [7, 11) is 0. The number of pyridine rings is 1. The molecular formula is C19H21N5O2. The van der Waals surface area contributed by atoms with Crippen molar-refractivity contribution in [3.05, 3.63) is 48.2 Å². The van der Waals surface area contributed by atoms with Crippen LogP contribution >= 0.6 is 0 Å². The first-order valence-corrected chi connectivity index (χ1v) is 8.88. The fraction of sp³-hybridized carbons (Fsp3) is 0.316. The van der Waals surface area contributed by atoms with E-state index in [1.165, 1.54) is 12.8 Å². The zero-order valence-corrected chi connectivity index (χ0v) is 14.4. The number of amides is 3. The predicted octanol–water partition coefficient (Wildman–Crippen LogP) is 2.83. The van der Waals surface area contributed by atoms with Gasteiger partial charge in [-0.15, -0.1) is 0 Å². The molecule has 2 heterocycles. The van der Waals surface area contributed by atoms with E-state index in [-0.39, 0.29) is 11.9 Å².